The molecule has 0 aliphatic heterocycles. The topological polar surface area (TPSA) is 75.6 Å². The van der Waals surface area contributed by atoms with Crippen molar-refractivity contribution in [1.82, 2.24) is 0 Å². The molecule has 5 heteroatoms. The van der Waals surface area contributed by atoms with Crippen molar-refractivity contribution in [2.24, 2.45) is 0 Å². The zero-order valence-corrected chi connectivity index (χ0v) is 13.1. The van der Waals surface area contributed by atoms with Crippen LogP contribution in [0.4, 0.5) is 5.69 Å². The van der Waals surface area contributed by atoms with Crippen molar-refractivity contribution in [2.75, 3.05) is 11.9 Å². The molecule has 5 nitrogen and oxygen atoms in total. The van der Waals surface area contributed by atoms with Gasteiger partial charge in [-0.2, -0.15) is 0 Å². The number of benzene rings is 2. The minimum Gasteiger partial charge on any atom is -0.464 e. The van der Waals surface area contributed by atoms with Gasteiger partial charge in [-0.05, 0) is 24.1 Å². The van der Waals surface area contributed by atoms with Gasteiger partial charge in [-0.25, -0.2) is 4.79 Å². The van der Waals surface area contributed by atoms with Crippen LogP contribution in [-0.4, -0.2) is 23.6 Å². The van der Waals surface area contributed by atoms with Gasteiger partial charge in [0.25, 0.3) is 0 Å². The second-order valence-electron chi connectivity index (χ2n) is 5.00. The quantitative estimate of drug-likeness (QED) is 0.832. The number of aliphatic hydroxyl groups is 1. The summed E-state index contributed by atoms with van der Waals surface area (Å²) < 4.78 is 4.83. The van der Waals surface area contributed by atoms with Crippen LogP contribution in [0.5, 0.6) is 0 Å². The molecule has 0 bridgehead atoms. The van der Waals surface area contributed by atoms with Crippen LogP contribution < -0.4 is 5.32 Å². The van der Waals surface area contributed by atoms with Gasteiger partial charge in [-0.1, -0.05) is 42.5 Å². The molecule has 0 saturated heterocycles. The highest BCUT2D eigenvalue weighted by Gasteiger charge is 2.22. The summed E-state index contributed by atoms with van der Waals surface area (Å²) in [5.74, 6) is -1.03. The van der Waals surface area contributed by atoms with Gasteiger partial charge in [-0.15, -0.1) is 0 Å². The van der Waals surface area contributed by atoms with E-state index in [-0.39, 0.29) is 12.5 Å². The van der Waals surface area contributed by atoms with Crippen LogP contribution in [0, 0.1) is 0 Å². The molecule has 2 N–H and O–H groups in total. The smallest absolute Gasteiger partial charge is 0.339 e. The molecule has 0 heterocycles. The fourth-order valence-electron chi connectivity index (χ4n) is 2.25. The number of hydrogen-bond acceptors (Lipinski definition) is 4. The van der Waals surface area contributed by atoms with Gasteiger partial charge >= 0.3 is 5.97 Å². The number of aliphatic hydroxyl groups excluding tert-OH is 1. The first-order valence-electron chi connectivity index (χ1n) is 7.34. The summed E-state index contributed by atoms with van der Waals surface area (Å²) in [7, 11) is 0. The SMILES string of the molecule is CCOC(=O)C(O)c1ccc(-c2ccccc2)cc1NC(C)=O. The zero-order valence-electron chi connectivity index (χ0n) is 13.1. The molecular formula is C18H19NO4. The third-order valence-corrected chi connectivity index (χ3v) is 3.28. The van der Waals surface area contributed by atoms with Gasteiger partial charge in [0.05, 0.1) is 6.61 Å². The molecule has 0 aliphatic carbocycles. The van der Waals surface area contributed by atoms with Crippen molar-refractivity contribution >= 4 is 17.6 Å². The Morgan fingerprint density at radius 2 is 1.83 bits per heavy atom. The first kappa shape index (κ1) is 16.7. The van der Waals surface area contributed by atoms with E-state index in [9.17, 15) is 14.7 Å². The van der Waals surface area contributed by atoms with E-state index in [1.54, 1.807) is 25.1 Å². The monoisotopic (exact) mass is 313 g/mol. The molecule has 0 fully saturated rings. The molecular weight excluding hydrogens is 294 g/mol. The fourth-order valence-corrected chi connectivity index (χ4v) is 2.25. The van der Waals surface area contributed by atoms with E-state index in [0.29, 0.717) is 11.3 Å². The van der Waals surface area contributed by atoms with Crippen molar-refractivity contribution in [3.05, 3.63) is 54.1 Å². The minimum atomic E-state index is -1.44. The Bertz CT molecular complexity index is 697. The molecule has 0 aliphatic rings. The average Bonchev–Trinajstić information content (AvgIpc) is 2.54. The molecule has 2 aromatic rings. The third-order valence-electron chi connectivity index (χ3n) is 3.28. The zero-order chi connectivity index (χ0) is 16.8. The maximum atomic E-state index is 11.8. The maximum absolute atomic E-state index is 11.8. The van der Waals surface area contributed by atoms with E-state index >= 15 is 0 Å². The van der Waals surface area contributed by atoms with Gasteiger partial charge in [0.15, 0.2) is 6.10 Å². The largest absolute Gasteiger partial charge is 0.464 e. The number of nitrogens with one attached hydrogen (secondary N) is 1. The van der Waals surface area contributed by atoms with Gasteiger partial charge in [0, 0.05) is 18.2 Å². The molecule has 0 radical (unpaired) electrons. The predicted molar refractivity (Wildman–Crippen MR) is 87.8 cm³/mol. The fraction of sp³-hybridized carbons (Fsp3) is 0.222. The number of hydrogen-bond donors (Lipinski definition) is 2. The highest BCUT2D eigenvalue weighted by Crippen LogP contribution is 2.30. The summed E-state index contributed by atoms with van der Waals surface area (Å²) >= 11 is 0. The number of ether oxygens (including phenoxy) is 1. The first-order chi connectivity index (χ1) is 11.0. The van der Waals surface area contributed by atoms with Crippen LogP contribution in [-0.2, 0) is 14.3 Å². The van der Waals surface area contributed by atoms with Crippen molar-refractivity contribution in [3.8, 4) is 11.1 Å². The van der Waals surface area contributed by atoms with Crippen molar-refractivity contribution in [3.63, 3.8) is 0 Å². The average molecular weight is 313 g/mol. The normalized spacial score (nSPS) is 11.6. The van der Waals surface area contributed by atoms with E-state index in [1.165, 1.54) is 6.92 Å². The van der Waals surface area contributed by atoms with Crippen molar-refractivity contribution < 1.29 is 19.4 Å². The second kappa shape index (κ2) is 7.56. The second-order valence-corrected chi connectivity index (χ2v) is 5.00. The summed E-state index contributed by atoms with van der Waals surface area (Å²) in [5, 5.41) is 12.8. The van der Waals surface area contributed by atoms with E-state index in [2.05, 4.69) is 5.32 Å². The Hall–Kier alpha value is -2.66. The lowest BCUT2D eigenvalue weighted by Crippen LogP contribution is -2.18. The highest BCUT2D eigenvalue weighted by molar-refractivity contribution is 5.92. The number of carbonyl (C=O) groups is 2. The Kier molecular flexibility index (Phi) is 5.49. The maximum Gasteiger partial charge on any atom is 0.339 e. The molecule has 120 valence electrons. The lowest BCUT2D eigenvalue weighted by molar-refractivity contribution is -0.153. The van der Waals surface area contributed by atoms with Gasteiger partial charge in [0.2, 0.25) is 5.91 Å². The minimum absolute atomic E-state index is 0.174. The number of rotatable bonds is 5. The van der Waals surface area contributed by atoms with Crippen molar-refractivity contribution in [2.45, 2.75) is 20.0 Å². The van der Waals surface area contributed by atoms with Gasteiger partial charge in [-0.3, -0.25) is 4.79 Å². The Morgan fingerprint density at radius 3 is 2.43 bits per heavy atom. The lowest BCUT2D eigenvalue weighted by atomic mass is 9.99. The van der Waals surface area contributed by atoms with Crippen LogP contribution in [0.15, 0.2) is 48.5 Å². The number of anilines is 1. The molecule has 2 aromatic carbocycles. The van der Waals surface area contributed by atoms with E-state index in [0.717, 1.165) is 11.1 Å². The standard InChI is InChI=1S/C18H19NO4/c1-3-23-18(22)17(21)15-10-9-14(11-16(15)19-12(2)20)13-7-5-4-6-8-13/h4-11,17,21H,3H2,1-2H3,(H,19,20). The lowest BCUT2D eigenvalue weighted by Gasteiger charge is -2.16. The molecule has 0 spiro atoms. The molecule has 1 unspecified atom stereocenters. The molecule has 2 rings (SSSR count). The highest BCUT2D eigenvalue weighted by atomic mass is 16.5. The third kappa shape index (κ3) is 4.17. The number of carbonyl (C=O) groups excluding carboxylic acids is 2. The molecule has 1 atom stereocenters. The van der Waals surface area contributed by atoms with E-state index < -0.39 is 12.1 Å². The van der Waals surface area contributed by atoms with Crippen LogP contribution in [0.25, 0.3) is 11.1 Å². The van der Waals surface area contributed by atoms with Crippen LogP contribution >= 0.6 is 0 Å². The Morgan fingerprint density at radius 1 is 1.13 bits per heavy atom. The van der Waals surface area contributed by atoms with E-state index in [1.807, 2.05) is 30.3 Å². The van der Waals surface area contributed by atoms with Crippen molar-refractivity contribution in [1.29, 1.82) is 0 Å². The number of amides is 1. The predicted octanol–water partition coefficient (Wildman–Crippen LogP) is 2.91. The van der Waals surface area contributed by atoms with Gasteiger partial charge < -0.3 is 15.2 Å². The molecule has 1 amide bonds. The first-order valence-corrected chi connectivity index (χ1v) is 7.34. The summed E-state index contributed by atoms with van der Waals surface area (Å²) in [6, 6.07) is 14.8. The molecule has 0 saturated carbocycles. The number of esters is 1. The molecule has 0 aromatic heterocycles. The van der Waals surface area contributed by atoms with Crippen LogP contribution in [0.2, 0.25) is 0 Å². The van der Waals surface area contributed by atoms with Crippen LogP contribution in [0.3, 0.4) is 0 Å². The summed E-state index contributed by atoms with van der Waals surface area (Å²) in [4.78, 5) is 23.2. The Balaban J connectivity index is 2.42. The van der Waals surface area contributed by atoms with E-state index in [4.69, 9.17) is 4.74 Å². The Labute approximate surface area is 134 Å². The van der Waals surface area contributed by atoms with Crippen LogP contribution in [0.1, 0.15) is 25.5 Å². The summed E-state index contributed by atoms with van der Waals surface area (Å²) in [6.45, 7) is 3.21. The summed E-state index contributed by atoms with van der Waals surface area (Å²) in [5.41, 5.74) is 2.53. The molecule has 23 heavy (non-hydrogen) atoms. The van der Waals surface area contributed by atoms with Gasteiger partial charge in [0.1, 0.15) is 0 Å². The summed E-state index contributed by atoms with van der Waals surface area (Å²) in [6.07, 6.45) is -1.44.